The Kier molecular flexibility index (Phi) is 8.94. The Bertz CT molecular complexity index is 182. The zero-order chi connectivity index (χ0) is 14.2. The Morgan fingerprint density at radius 2 is 1.44 bits per heavy atom. The minimum atomic E-state index is 0.760. The summed E-state index contributed by atoms with van der Waals surface area (Å²) < 4.78 is 0. The second kappa shape index (κ2) is 8.96. The first-order valence-corrected chi connectivity index (χ1v) is 8.39. The first-order valence-electron chi connectivity index (χ1n) is 8.39. The fourth-order valence-electron chi connectivity index (χ4n) is 3.19. The van der Waals surface area contributed by atoms with Crippen LogP contribution in [0.2, 0.25) is 0 Å². The normalized spacial score (nSPS) is 22.7. The molecule has 1 saturated carbocycles. The molecule has 18 heavy (non-hydrogen) atoms. The van der Waals surface area contributed by atoms with E-state index in [0.29, 0.717) is 0 Å². The lowest BCUT2D eigenvalue weighted by atomic mass is 9.65. The molecule has 2 fully saturated rings. The molecule has 0 N–H and O–H groups in total. The summed E-state index contributed by atoms with van der Waals surface area (Å²) in [4.78, 5) is 2.63. The predicted molar refractivity (Wildman–Crippen MR) is 84.1 cm³/mol. The van der Waals surface area contributed by atoms with Crippen molar-refractivity contribution < 1.29 is 0 Å². The molecule has 0 atom stereocenters. The maximum absolute atomic E-state index is 2.63. The van der Waals surface area contributed by atoms with Crippen LogP contribution in [0.1, 0.15) is 80.6 Å². The van der Waals surface area contributed by atoms with E-state index < -0.39 is 0 Å². The summed E-state index contributed by atoms with van der Waals surface area (Å²) in [5, 5.41) is 0. The fraction of sp³-hybridized carbons (Fsp3) is 1.00. The largest absolute Gasteiger partial charge is 0.300 e. The second-order valence-corrected chi connectivity index (χ2v) is 5.85. The Hall–Kier alpha value is -0.0400. The predicted octanol–water partition coefficient (Wildman–Crippen LogP) is 5.35. The van der Waals surface area contributed by atoms with Gasteiger partial charge in [0.2, 0.25) is 0 Å². The summed E-state index contributed by atoms with van der Waals surface area (Å²) in [6.45, 7) is 17.8. The van der Waals surface area contributed by atoms with Crippen molar-refractivity contribution in [2.24, 2.45) is 11.3 Å². The highest BCUT2D eigenvalue weighted by molar-refractivity contribution is 4.98. The van der Waals surface area contributed by atoms with Crippen LogP contribution in [0, 0.1) is 11.3 Å². The van der Waals surface area contributed by atoms with Crippen LogP contribution >= 0.6 is 0 Å². The number of rotatable bonds is 2. The highest BCUT2D eigenvalue weighted by atomic mass is 15.2. The standard InChI is InChI=1S/C13H25N.2C2H6/c1-4-12-5-7-13(8-6-12)9-14(10-13)11(2)3;2*1-2/h11-12H,4-10H2,1-3H3;2*1-2H3. The van der Waals surface area contributed by atoms with Gasteiger partial charge in [-0.1, -0.05) is 41.0 Å². The van der Waals surface area contributed by atoms with Gasteiger partial charge in [0.25, 0.3) is 0 Å². The molecule has 1 spiro atoms. The fourth-order valence-corrected chi connectivity index (χ4v) is 3.19. The minimum absolute atomic E-state index is 0.760. The van der Waals surface area contributed by atoms with Gasteiger partial charge in [0.15, 0.2) is 0 Å². The SMILES string of the molecule is CC.CC.CCC1CCC2(CC1)CN(C(C)C)C2. The zero-order valence-corrected chi connectivity index (χ0v) is 14.1. The number of likely N-dealkylation sites (tertiary alicyclic amines) is 1. The van der Waals surface area contributed by atoms with Crippen LogP contribution in [0.25, 0.3) is 0 Å². The maximum Gasteiger partial charge on any atom is 0.00532 e. The first kappa shape index (κ1) is 18.0. The van der Waals surface area contributed by atoms with Crippen molar-refractivity contribution in [3.63, 3.8) is 0 Å². The molecule has 0 aromatic heterocycles. The Balaban J connectivity index is 0.000000659. The van der Waals surface area contributed by atoms with Crippen LogP contribution in [-0.2, 0) is 0 Å². The van der Waals surface area contributed by atoms with Gasteiger partial charge in [-0.15, -0.1) is 0 Å². The van der Waals surface area contributed by atoms with Crippen molar-refractivity contribution in [1.82, 2.24) is 4.90 Å². The van der Waals surface area contributed by atoms with Crippen molar-refractivity contribution in [3.8, 4) is 0 Å². The molecule has 0 aromatic carbocycles. The summed E-state index contributed by atoms with van der Waals surface area (Å²) >= 11 is 0. The third-order valence-electron chi connectivity index (χ3n) is 4.55. The van der Waals surface area contributed by atoms with Gasteiger partial charge < -0.3 is 0 Å². The lowest BCUT2D eigenvalue weighted by Crippen LogP contribution is -2.59. The van der Waals surface area contributed by atoms with E-state index in [4.69, 9.17) is 0 Å². The Morgan fingerprint density at radius 1 is 1.00 bits per heavy atom. The van der Waals surface area contributed by atoms with Gasteiger partial charge in [0.05, 0.1) is 0 Å². The van der Waals surface area contributed by atoms with E-state index in [9.17, 15) is 0 Å². The molecule has 0 radical (unpaired) electrons. The molecule has 0 aromatic rings. The average Bonchev–Trinajstić information content (AvgIpc) is 2.40. The third kappa shape index (κ3) is 4.57. The van der Waals surface area contributed by atoms with Gasteiger partial charge in [-0.2, -0.15) is 0 Å². The molecule has 0 bridgehead atoms. The third-order valence-corrected chi connectivity index (χ3v) is 4.55. The van der Waals surface area contributed by atoms with Crippen LogP contribution < -0.4 is 0 Å². The van der Waals surface area contributed by atoms with Crippen LogP contribution in [0.3, 0.4) is 0 Å². The number of hydrogen-bond donors (Lipinski definition) is 0. The molecule has 2 aliphatic rings. The highest BCUT2D eigenvalue weighted by Crippen LogP contribution is 2.46. The zero-order valence-electron chi connectivity index (χ0n) is 14.1. The summed E-state index contributed by atoms with van der Waals surface area (Å²) in [6, 6.07) is 0.768. The van der Waals surface area contributed by atoms with E-state index in [1.54, 1.807) is 0 Å². The minimum Gasteiger partial charge on any atom is -0.300 e. The van der Waals surface area contributed by atoms with Gasteiger partial charge in [-0.25, -0.2) is 0 Å². The van der Waals surface area contributed by atoms with E-state index in [1.165, 1.54) is 45.2 Å². The smallest absolute Gasteiger partial charge is 0.00532 e. The summed E-state index contributed by atoms with van der Waals surface area (Å²) in [6.07, 6.45) is 7.43. The van der Waals surface area contributed by atoms with E-state index in [0.717, 1.165) is 17.4 Å². The first-order chi connectivity index (χ1) is 8.65. The van der Waals surface area contributed by atoms with Crippen molar-refractivity contribution in [2.75, 3.05) is 13.1 Å². The quantitative estimate of drug-likeness (QED) is 0.643. The van der Waals surface area contributed by atoms with Gasteiger partial charge in [0, 0.05) is 19.1 Å². The van der Waals surface area contributed by atoms with Gasteiger partial charge >= 0.3 is 0 Å². The van der Waals surface area contributed by atoms with Crippen molar-refractivity contribution >= 4 is 0 Å². The van der Waals surface area contributed by atoms with Crippen molar-refractivity contribution in [3.05, 3.63) is 0 Å². The summed E-state index contributed by atoms with van der Waals surface area (Å²) in [7, 11) is 0. The molecular weight excluding hydrogens is 218 g/mol. The van der Waals surface area contributed by atoms with Gasteiger partial charge in [-0.05, 0) is 50.9 Å². The van der Waals surface area contributed by atoms with Gasteiger partial charge in [0.1, 0.15) is 0 Å². The molecular formula is C17H37N. The van der Waals surface area contributed by atoms with E-state index in [1.807, 2.05) is 27.7 Å². The summed E-state index contributed by atoms with van der Waals surface area (Å²) in [5.41, 5.74) is 0.760. The van der Waals surface area contributed by atoms with Crippen LogP contribution in [0.5, 0.6) is 0 Å². The van der Waals surface area contributed by atoms with Gasteiger partial charge in [-0.3, -0.25) is 4.90 Å². The molecule has 110 valence electrons. The highest BCUT2D eigenvalue weighted by Gasteiger charge is 2.45. The molecule has 1 saturated heterocycles. The average molecular weight is 255 g/mol. The van der Waals surface area contributed by atoms with Crippen LogP contribution in [-0.4, -0.2) is 24.0 Å². The van der Waals surface area contributed by atoms with Crippen LogP contribution in [0.4, 0.5) is 0 Å². The molecule has 0 amide bonds. The maximum atomic E-state index is 2.63. The topological polar surface area (TPSA) is 3.24 Å². The molecule has 1 aliphatic carbocycles. The van der Waals surface area contributed by atoms with Crippen molar-refractivity contribution in [2.45, 2.75) is 86.6 Å². The van der Waals surface area contributed by atoms with E-state index in [-0.39, 0.29) is 0 Å². The second-order valence-electron chi connectivity index (χ2n) is 5.85. The molecule has 1 aliphatic heterocycles. The van der Waals surface area contributed by atoms with Crippen molar-refractivity contribution in [1.29, 1.82) is 0 Å². The Morgan fingerprint density at radius 3 is 1.78 bits per heavy atom. The van der Waals surface area contributed by atoms with E-state index in [2.05, 4.69) is 25.7 Å². The number of hydrogen-bond acceptors (Lipinski definition) is 1. The van der Waals surface area contributed by atoms with Crippen LogP contribution in [0.15, 0.2) is 0 Å². The summed E-state index contributed by atoms with van der Waals surface area (Å²) in [5.74, 6) is 1.05. The van der Waals surface area contributed by atoms with E-state index >= 15 is 0 Å². The Labute approximate surface area is 116 Å². The lowest BCUT2D eigenvalue weighted by Gasteiger charge is -2.55. The molecule has 0 unspecified atom stereocenters. The molecule has 1 heteroatoms. The monoisotopic (exact) mass is 255 g/mol. The molecule has 1 heterocycles. The lowest BCUT2D eigenvalue weighted by molar-refractivity contribution is -0.0554. The number of nitrogens with zero attached hydrogens (tertiary/aromatic N) is 1. The molecule has 1 nitrogen and oxygen atoms in total. The molecule has 2 rings (SSSR count).